The van der Waals surface area contributed by atoms with Crippen molar-refractivity contribution in [3.63, 3.8) is 0 Å². The molecule has 8 heteroatoms. The van der Waals surface area contributed by atoms with Crippen LogP contribution in [0.5, 0.6) is 0 Å². The van der Waals surface area contributed by atoms with Crippen molar-refractivity contribution in [3.05, 3.63) is 33.9 Å². The van der Waals surface area contributed by atoms with Crippen LogP contribution >= 0.6 is 0 Å². The number of nitrogens with zero attached hydrogens (tertiary/aromatic N) is 1. The average Bonchev–Trinajstić information content (AvgIpc) is 2.37. The molecule has 0 bridgehead atoms. The summed E-state index contributed by atoms with van der Waals surface area (Å²) in [6.07, 6.45) is 0. The molecule has 0 radical (unpaired) electrons. The number of nitro groups is 1. The van der Waals surface area contributed by atoms with Crippen LogP contribution in [0.2, 0.25) is 0 Å². The Balaban J connectivity index is 2.62. The second-order valence-corrected chi connectivity index (χ2v) is 4.33. The molecule has 0 saturated heterocycles. The molecule has 0 fully saturated rings. The minimum Gasteiger partial charge on any atom is -0.481 e. The minimum atomic E-state index is -1.00. The number of hydrogen-bond acceptors (Lipinski definition) is 4. The van der Waals surface area contributed by atoms with Crippen LogP contribution in [-0.4, -0.2) is 28.6 Å². The molecule has 0 aliphatic heterocycles. The molecule has 0 saturated carbocycles. The summed E-state index contributed by atoms with van der Waals surface area (Å²) in [6.45, 7) is 3.09. The van der Waals surface area contributed by atoms with E-state index in [1.54, 1.807) is 6.92 Å². The maximum absolute atomic E-state index is 11.6. The third kappa shape index (κ3) is 4.23. The number of nitro benzene ring substituents is 1. The van der Waals surface area contributed by atoms with Gasteiger partial charge in [0.25, 0.3) is 5.69 Å². The maximum Gasteiger partial charge on any atom is 0.319 e. The number of amides is 2. The summed E-state index contributed by atoms with van der Waals surface area (Å²) in [5.74, 6) is -1.70. The first-order valence-electron chi connectivity index (χ1n) is 5.84. The number of aliphatic carboxylic acids is 1. The van der Waals surface area contributed by atoms with Crippen LogP contribution in [0.4, 0.5) is 16.2 Å². The number of anilines is 1. The Hall–Kier alpha value is -2.64. The molecule has 1 rings (SSSR count). The van der Waals surface area contributed by atoms with E-state index in [1.807, 2.05) is 0 Å². The fraction of sp³-hybridized carbons (Fsp3) is 0.333. The zero-order chi connectivity index (χ0) is 15.3. The highest BCUT2D eigenvalue weighted by Gasteiger charge is 2.13. The van der Waals surface area contributed by atoms with Crippen molar-refractivity contribution >= 4 is 23.4 Å². The van der Waals surface area contributed by atoms with Gasteiger partial charge in [-0.25, -0.2) is 4.79 Å². The van der Waals surface area contributed by atoms with Crippen LogP contribution in [-0.2, 0) is 4.79 Å². The summed E-state index contributed by atoms with van der Waals surface area (Å²) in [5.41, 5.74) is 0.907. The lowest BCUT2D eigenvalue weighted by Crippen LogP contribution is -2.34. The summed E-state index contributed by atoms with van der Waals surface area (Å²) < 4.78 is 0. The van der Waals surface area contributed by atoms with Crippen molar-refractivity contribution in [3.8, 4) is 0 Å². The zero-order valence-electron chi connectivity index (χ0n) is 11.0. The molecular weight excluding hydrogens is 266 g/mol. The molecule has 1 aromatic carbocycles. The van der Waals surface area contributed by atoms with E-state index in [1.165, 1.54) is 25.1 Å². The lowest BCUT2D eigenvalue weighted by molar-refractivity contribution is -0.384. The number of aryl methyl sites for hydroxylation is 1. The van der Waals surface area contributed by atoms with Gasteiger partial charge in [0.15, 0.2) is 0 Å². The molecule has 1 unspecified atom stereocenters. The Bertz CT molecular complexity index is 544. The molecule has 0 heterocycles. The van der Waals surface area contributed by atoms with Gasteiger partial charge in [-0.2, -0.15) is 0 Å². The van der Waals surface area contributed by atoms with Gasteiger partial charge in [-0.15, -0.1) is 0 Å². The Morgan fingerprint density at radius 3 is 2.60 bits per heavy atom. The fourth-order valence-corrected chi connectivity index (χ4v) is 1.40. The topological polar surface area (TPSA) is 122 Å². The van der Waals surface area contributed by atoms with Crippen molar-refractivity contribution in [2.75, 3.05) is 11.9 Å². The molecule has 3 N–H and O–H groups in total. The molecule has 2 amide bonds. The number of rotatable bonds is 5. The monoisotopic (exact) mass is 281 g/mol. The molecule has 108 valence electrons. The first-order valence-corrected chi connectivity index (χ1v) is 5.84. The highest BCUT2D eigenvalue weighted by atomic mass is 16.6. The minimum absolute atomic E-state index is 0.00675. The van der Waals surface area contributed by atoms with Crippen LogP contribution in [0.25, 0.3) is 0 Å². The predicted molar refractivity (Wildman–Crippen MR) is 71.7 cm³/mol. The Morgan fingerprint density at radius 2 is 2.10 bits per heavy atom. The van der Waals surface area contributed by atoms with Gasteiger partial charge in [0.1, 0.15) is 0 Å². The summed E-state index contributed by atoms with van der Waals surface area (Å²) in [5, 5.41) is 24.2. The van der Waals surface area contributed by atoms with Gasteiger partial charge >= 0.3 is 12.0 Å². The largest absolute Gasteiger partial charge is 0.481 e. The van der Waals surface area contributed by atoms with Gasteiger partial charge in [0.2, 0.25) is 0 Å². The quantitative estimate of drug-likeness (QED) is 0.560. The lowest BCUT2D eigenvalue weighted by Gasteiger charge is -2.11. The van der Waals surface area contributed by atoms with Crippen molar-refractivity contribution < 1.29 is 19.6 Å². The fourth-order valence-electron chi connectivity index (χ4n) is 1.40. The standard InChI is InChI=1S/C12H15N3O5/c1-7-5-9(15(19)20)3-4-10(7)14-12(18)13-6-8(2)11(16)17/h3-5,8H,6H2,1-2H3,(H,16,17)(H2,13,14,18). The number of hydrogen-bond donors (Lipinski definition) is 3. The summed E-state index contributed by atoms with van der Waals surface area (Å²) >= 11 is 0. The van der Waals surface area contributed by atoms with Crippen LogP contribution in [0.1, 0.15) is 12.5 Å². The highest BCUT2D eigenvalue weighted by Crippen LogP contribution is 2.20. The number of carbonyl (C=O) groups is 2. The van der Waals surface area contributed by atoms with Gasteiger partial charge in [-0.3, -0.25) is 14.9 Å². The summed E-state index contributed by atoms with van der Waals surface area (Å²) in [4.78, 5) is 32.2. The van der Waals surface area contributed by atoms with Gasteiger partial charge in [-0.05, 0) is 18.6 Å². The number of nitrogens with one attached hydrogen (secondary N) is 2. The Kier molecular flexibility index (Phi) is 5.01. The van der Waals surface area contributed by atoms with E-state index in [0.29, 0.717) is 11.3 Å². The van der Waals surface area contributed by atoms with Crippen LogP contribution in [0.15, 0.2) is 18.2 Å². The smallest absolute Gasteiger partial charge is 0.319 e. The third-order valence-corrected chi connectivity index (χ3v) is 2.66. The van der Waals surface area contributed by atoms with E-state index in [9.17, 15) is 19.7 Å². The summed E-state index contributed by atoms with van der Waals surface area (Å²) in [6, 6.07) is 3.49. The first kappa shape index (κ1) is 15.4. The van der Waals surface area contributed by atoms with Crippen molar-refractivity contribution in [1.82, 2.24) is 5.32 Å². The second-order valence-electron chi connectivity index (χ2n) is 4.33. The van der Waals surface area contributed by atoms with E-state index in [-0.39, 0.29) is 12.2 Å². The van der Waals surface area contributed by atoms with Crippen molar-refractivity contribution in [2.24, 2.45) is 5.92 Å². The molecular formula is C12H15N3O5. The number of carbonyl (C=O) groups excluding carboxylic acids is 1. The molecule has 0 aromatic heterocycles. The Labute approximate surface area is 114 Å². The zero-order valence-corrected chi connectivity index (χ0v) is 11.0. The molecule has 1 atom stereocenters. The van der Waals surface area contributed by atoms with Crippen LogP contribution in [0, 0.1) is 23.0 Å². The van der Waals surface area contributed by atoms with E-state index >= 15 is 0 Å². The molecule has 0 spiro atoms. The van der Waals surface area contributed by atoms with Gasteiger partial charge < -0.3 is 15.7 Å². The number of urea groups is 1. The van der Waals surface area contributed by atoms with Gasteiger partial charge in [0.05, 0.1) is 10.8 Å². The van der Waals surface area contributed by atoms with Crippen molar-refractivity contribution in [2.45, 2.75) is 13.8 Å². The van der Waals surface area contributed by atoms with E-state index < -0.39 is 22.8 Å². The summed E-state index contributed by atoms with van der Waals surface area (Å²) in [7, 11) is 0. The first-order chi connectivity index (χ1) is 9.31. The van der Waals surface area contributed by atoms with Gasteiger partial charge in [-0.1, -0.05) is 6.92 Å². The predicted octanol–water partition coefficient (Wildman–Crippen LogP) is 1.75. The maximum atomic E-state index is 11.6. The molecule has 0 aliphatic rings. The van der Waals surface area contributed by atoms with Crippen LogP contribution in [0.3, 0.4) is 0 Å². The van der Waals surface area contributed by atoms with Crippen LogP contribution < -0.4 is 10.6 Å². The van der Waals surface area contributed by atoms with E-state index in [2.05, 4.69) is 10.6 Å². The second kappa shape index (κ2) is 6.50. The average molecular weight is 281 g/mol. The normalized spacial score (nSPS) is 11.5. The Morgan fingerprint density at radius 1 is 1.45 bits per heavy atom. The SMILES string of the molecule is Cc1cc([N+](=O)[O-])ccc1NC(=O)NCC(C)C(=O)O. The lowest BCUT2D eigenvalue weighted by atomic mass is 10.2. The van der Waals surface area contributed by atoms with Gasteiger partial charge in [0, 0.05) is 24.4 Å². The number of non-ortho nitro benzene ring substituents is 1. The molecule has 0 aliphatic carbocycles. The van der Waals surface area contributed by atoms with E-state index in [4.69, 9.17) is 5.11 Å². The molecule has 8 nitrogen and oxygen atoms in total. The number of carboxylic acids is 1. The molecule has 1 aromatic rings. The van der Waals surface area contributed by atoms with Crippen molar-refractivity contribution in [1.29, 1.82) is 0 Å². The highest BCUT2D eigenvalue weighted by molar-refractivity contribution is 5.90. The molecule has 20 heavy (non-hydrogen) atoms. The van der Waals surface area contributed by atoms with E-state index in [0.717, 1.165) is 0 Å². The number of carboxylic acid groups (broad SMARTS) is 1. The third-order valence-electron chi connectivity index (χ3n) is 2.66. The number of benzene rings is 1.